The number of nitrogens with one attached hydrogen (secondary N) is 2. The lowest BCUT2D eigenvalue weighted by Crippen LogP contribution is -2.42. The van der Waals surface area contributed by atoms with E-state index in [0.717, 1.165) is 25.9 Å². The van der Waals surface area contributed by atoms with Crippen molar-refractivity contribution in [2.45, 2.75) is 51.5 Å². The summed E-state index contributed by atoms with van der Waals surface area (Å²) in [7, 11) is 0. The molecule has 1 aliphatic carbocycles. The molecule has 1 saturated heterocycles. The second kappa shape index (κ2) is 5.67. The predicted octanol–water partition coefficient (Wildman–Crippen LogP) is 1.68. The third kappa shape index (κ3) is 2.97. The van der Waals surface area contributed by atoms with Gasteiger partial charge < -0.3 is 10.6 Å². The average molecular weight is 224 g/mol. The van der Waals surface area contributed by atoms with E-state index in [4.69, 9.17) is 0 Å². The first kappa shape index (κ1) is 11.9. The summed E-state index contributed by atoms with van der Waals surface area (Å²) in [6, 6.07) is 0.357. The Kier molecular flexibility index (Phi) is 4.22. The van der Waals surface area contributed by atoms with E-state index in [1.807, 2.05) is 0 Å². The summed E-state index contributed by atoms with van der Waals surface area (Å²) in [5.41, 5.74) is 0. The van der Waals surface area contributed by atoms with Gasteiger partial charge in [-0.1, -0.05) is 32.6 Å². The molecule has 1 saturated carbocycles. The van der Waals surface area contributed by atoms with E-state index in [2.05, 4.69) is 17.6 Å². The van der Waals surface area contributed by atoms with Gasteiger partial charge in [0.1, 0.15) is 0 Å². The zero-order chi connectivity index (χ0) is 11.4. The minimum Gasteiger partial charge on any atom is -0.352 e. The van der Waals surface area contributed by atoms with Gasteiger partial charge in [-0.05, 0) is 25.3 Å². The van der Waals surface area contributed by atoms with Gasteiger partial charge in [-0.3, -0.25) is 4.79 Å². The van der Waals surface area contributed by atoms with Crippen LogP contribution in [0.15, 0.2) is 0 Å². The largest absolute Gasteiger partial charge is 0.352 e. The minimum atomic E-state index is 0.287. The van der Waals surface area contributed by atoms with E-state index in [9.17, 15) is 4.79 Å². The normalized spacial score (nSPS) is 32.3. The topological polar surface area (TPSA) is 41.1 Å². The van der Waals surface area contributed by atoms with Crippen LogP contribution in [0, 0.1) is 11.8 Å². The number of carbonyl (C=O) groups is 1. The van der Waals surface area contributed by atoms with E-state index in [-0.39, 0.29) is 5.92 Å². The second-order valence-corrected chi connectivity index (χ2v) is 5.44. The van der Waals surface area contributed by atoms with Crippen molar-refractivity contribution in [3.05, 3.63) is 0 Å². The fraction of sp³-hybridized carbons (Fsp3) is 0.923. The Morgan fingerprint density at radius 1 is 1.12 bits per heavy atom. The van der Waals surface area contributed by atoms with Gasteiger partial charge in [-0.25, -0.2) is 0 Å². The maximum absolute atomic E-state index is 12.1. The smallest absolute Gasteiger partial charge is 0.223 e. The summed E-state index contributed by atoms with van der Waals surface area (Å²) < 4.78 is 0. The van der Waals surface area contributed by atoms with Crippen molar-refractivity contribution < 1.29 is 4.79 Å². The molecule has 1 aliphatic heterocycles. The fourth-order valence-corrected chi connectivity index (χ4v) is 2.85. The predicted molar refractivity (Wildman–Crippen MR) is 65.2 cm³/mol. The van der Waals surface area contributed by atoms with Crippen molar-refractivity contribution in [2.24, 2.45) is 11.8 Å². The Hall–Kier alpha value is -0.570. The molecule has 1 amide bonds. The van der Waals surface area contributed by atoms with Crippen LogP contribution in [0.2, 0.25) is 0 Å². The Labute approximate surface area is 98.4 Å². The Balaban J connectivity index is 1.81. The van der Waals surface area contributed by atoms with E-state index in [0.29, 0.717) is 17.9 Å². The minimum absolute atomic E-state index is 0.287. The molecule has 3 heteroatoms. The third-order valence-electron chi connectivity index (χ3n) is 4.07. The summed E-state index contributed by atoms with van der Waals surface area (Å²) in [6.45, 7) is 4.19. The lowest BCUT2D eigenvalue weighted by Gasteiger charge is -2.20. The molecule has 0 aromatic rings. The van der Waals surface area contributed by atoms with Gasteiger partial charge in [0, 0.05) is 18.5 Å². The highest BCUT2D eigenvalue weighted by atomic mass is 16.1. The van der Waals surface area contributed by atoms with Crippen molar-refractivity contribution >= 4 is 5.91 Å². The first-order chi connectivity index (χ1) is 7.77. The van der Waals surface area contributed by atoms with Crippen molar-refractivity contribution in [1.82, 2.24) is 10.6 Å². The van der Waals surface area contributed by atoms with E-state index < -0.39 is 0 Å². The SMILES string of the molecule is CC1CNCC1NC(=O)C1CCCCCC1. The van der Waals surface area contributed by atoms with Crippen LogP contribution in [0.4, 0.5) is 0 Å². The van der Waals surface area contributed by atoms with Gasteiger partial charge in [0.15, 0.2) is 0 Å². The average Bonchev–Trinajstić information content (AvgIpc) is 2.57. The first-order valence-electron chi connectivity index (χ1n) is 6.78. The lowest BCUT2D eigenvalue weighted by atomic mass is 9.98. The zero-order valence-electron chi connectivity index (χ0n) is 10.3. The van der Waals surface area contributed by atoms with E-state index in [1.54, 1.807) is 0 Å². The highest BCUT2D eigenvalue weighted by Gasteiger charge is 2.27. The van der Waals surface area contributed by atoms with Crippen LogP contribution < -0.4 is 10.6 Å². The molecule has 16 heavy (non-hydrogen) atoms. The molecule has 0 spiro atoms. The third-order valence-corrected chi connectivity index (χ3v) is 4.07. The number of hydrogen-bond acceptors (Lipinski definition) is 2. The highest BCUT2D eigenvalue weighted by Crippen LogP contribution is 2.23. The van der Waals surface area contributed by atoms with Crippen molar-refractivity contribution in [2.75, 3.05) is 13.1 Å². The van der Waals surface area contributed by atoms with Crippen LogP contribution in [-0.2, 0) is 4.79 Å². The molecule has 2 atom stereocenters. The zero-order valence-corrected chi connectivity index (χ0v) is 10.3. The van der Waals surface area contributed by atoms with Gasteiger partial charge in [-0.2, -0.15) is 0 Å². The van der Waals surface area contributed by atoms with Crippen LogP contribution in [0.5, 0.6) is 0 Å². The molecule has 2 aliphatic rings. The number of hydrogen-bond donors (Lipinski definition) is 2. The quantitative estimate of drug-likeness (QED) is 0.701. The Morgan fingerprint density at radius 2 is 1.81 bits per heavy atom. The van der Waals surface area contributed by atoms with Crippen LogP contribution in [-0.4, -0.2) is 25.0 Å². The standard InChI is InChI=1S/C13H24N2O/c1-10-8-14-9-12(10)15-13(16)11-6-4-2-3-5-7-11/h10-12,14H,2-9H2,1H3,(H,15,16). The van der Waals surface area contributed by atoms with Crippen LogP contribution in [0.1, 0.15) is 45.4 Å². The van der Waals surface area contributed by atoms with Crippen LogP contribution >= 0.6 is 0 Å². The maximum Gasteiger partial charge on any atom is 0.223 e. The summed E-state index contributed by atoms with van der Waals surface area (Å²) >= 11 is 0. The van der Waals surface area contributed by atoms with Gasteiger partial charge in [0.25, 0.3) is 0 Å². The summed E-state index contributed by atoms with van der Waals surface area (Å²) in [6.07, 6.45) is 7.28. The monoisotopic (exact) mass is 224 g/mol. The van der Waals surface area contributed by atoms with Crippen molar-refractivity contribution in [3.63, 3.8) is 0 Å². The van der Waals surface area contributed by atoms with Gasteiger partial charge >= 0.3 is 0 Å². The number of rotatable bonds is 2. The summed E-state index contributed by atoms with van der Waals surface area (Å²) in [5, 5.41) is 6.55. The fourth-order valence-electron chi connectivity index (χ4n) is 2.85. The molecule has 0 radical (unpaired) electrons. The Bertz CT molecular complexity index is 234. The van der Waals surface area contributed by atoms with E-state index in [1.165, 1.54) is 25.7 Å². The molecule has 0 aromatic carbocycles. The highest BCUT2D eigenvalue weighted by molar-refractivity contribution is 5.79. The molecule has 0 aromatic heterocycles. The Morgan fingerprint density at radius 3 is 2.38 bits per heavy atom. The van der Waals surface area contributed by atoms with Gasteiger partial charge in [-0.15, -0.1) is 0 Å². The van der Waals surface area contributed by atoms with Crippen molar-refractivity contribution in [3.8, 4) is 0 Å². The molecule has 0 bridgehead atoms. The summed E-state index contributed by atoms with van der Waals surface area (Å²) in [5.74, 6) is 1.17. The van der Waals surface area contributed by atoms with Gasteiger partial charge in [0.05, 0.1) is 0 Å². The molecule has 2 fully saturated rings. The molecule has 3 nitrogen and oxygen atoms in total. The molecule has 2 N–H and O–H groups in total. The van der Waals surface area contributed by atoms with Gasteiger partial charge in [0.2, 0.25) is 5.91 Å². The molecular weight excluding hydrogens is 200 g/mol. The van der Waals surface area contributed by atoms with E-state index >= 15 is 0 Å². The molecule has 1 heterocycles. The maximum atomic E-state index is 12.1. The molecule has 2 unspecified atom stereocenters. The summed E-state index contributed by atoms with van der Waals surface area (Å²) in [4.78, 5) is 12.1. The van der Waals surface area contributed by atoms with Crippen molar-refractivity contribution in [1.29, 1.82) is 0 Å². The number of amides is 1. The number of carbonyl (C=O) groups excluding carboxylic acids is 1. The molecular formula is C13H24N2O. The molecule has 2 rings (SSSR count). The first-order valence-corrected chi connectivity index (χ1v) is 6.78. The molecule has 92 valence electrons. The van der Waals surface area contributed by atoms with Crippen LogP contribution in [0.3, 0.4) is 0 Å². The lowest BCUT2D eigenvalue weighted by molar-refractivity contribution is -0.126. The second-order valence-electron chi connectivity index (χ2n) is 5.44. The van der Waals surface area contributed by atoms with Crippen LogP contribution in [0.25, 0.3) is 0 Å².